The van der Waals surface area contributed by atoms with E-state index < -0.39 is 5.60 Å². The highest BCUT2D eigenvalue weighted by Gasteiger charge is 2.16. The molecule has 0 radical (unpaired) electrons. The molecule has 23 heavy (non-hydrogen) atoms. The number of esters is 1. The molecule has 0 aliphatic carbocycles. The van der Waals surface area contributed by atoms with E-state index in [4.69, 9.17) is 27.9 Å². The van der Waals surface area contributed by atoms with Gasteiger partial charge in [-0.25, -0.2) is 0 Å². The zero-order valence-corrected chi connectivity index (χ0v) is 17.7. The second kappa shape index (κ2) is 9.58. The number of carbonyl (C=O) groups excluding carboxylic acids is 1. The van der Waals surface area contributed by atoms with Crippen LogP contribution in [0.4, 0.5) is 0 Å². The molecule has 0 bridgehead atoms. The van der Waals surface area contributed by atoms with Gasteiger partial charge < -0.3 is 19.9 Å². The zero-order chi connectivity index (χ0) is 16.9. The number of carbonyl (C=O) groups is 1. The third-order valence-corrected chi connectivity index (χ3v) is 3.54. The summed E-state index contributed by atoms with van der Waals surface area (Å²) in [5.41, 5.74) is 0.391. The number of nitrogens with zero attached hydrogens (tertiary/aromatic N) is 2. The third kappa shape index (κ3) is 7.63. The van der Waals surface area contributed by atoms with E-state index in [0.29, 0.717) is 22.7 Å². The molecule has 2 N–H and O–H groups in total. The quantitative estimate of drug-likeness (QED) is 0.303. The van der Waals surface area contributed by atoms with Crippen molar-refractivity contribution in [1.29, 1.82) is 0 Å². The minimum absolute atomic E-state index is 0. The van der Waals surface area contributed by atoms with E-state index in [2.05, 4.69) is 15.6 Å². The van der Waals surface area contributed by atoms with Crippen LogP contribution >= 0.6 is 47.2 Å². The molecule has 6 nitrogen and oxygen atoms in total. The number of aromatic nitrogens is 1. The number of hydrogen-bond donors (Lipinski definition) is 2. The van der Waals surface area contributed by atoms with Crippen LogP contribution in [0.5, 0.6) is 0 Å². The van der Waals surface area contributed by atoms with Gasteiger partial charge in [-0.05, 0) is 26.8 Å². The van der Waals surface area contributed by atoms with Crippen LogP contribution in [-0.4, -0.2) is 35.7 Å². The van der Waals surface area contributed by atoms with Crippen molar-refractivity contribution in [2.45, 2.75) is 32.9 Å². The smallest absolute Gasteiger partial charge is 0.325 e. The van der Waals surface area contributed by atoms with Crippen LogP contribution in [0, 0.1) is 0 Å². The second-order valence-corrected chi connectivity index (χ2v) is 6.46. The first-order valence-corrected chi connectivity index (χ1v) is 7.55. The molecular formula is C14H23Cl2IN4O2. The van der Waals surface area contributed by atoms with Crippen molar-refractivity contribution in [3.8, 4) is 0 Å². The standard InChI is InChI=1S/C14H22Cl2N4O2.HI/c1-14(2,3)22-11(21)8-19-13(17-4)18-7-9-6-10(15)12(16)20(9)5;/h6H,7-8H2,1-5H3,(H2,17,18,19);1H. The zero-order valence-electron chi connectivity index (χ0n) is 13.9. The largest absolute Gasteiger partial charge is 0.459 e. The predicted octanol–water partition coefficient (Wildman–Crippen LogP) is 2.96. The molecule has 0 atom stereocenters. The van der Waals surface area contributed by atoms with E-state index in [0.717, 1.165) is 5.69 Å². The predicted molar refractivity (Wildman–Crippen MR) is 105 cm³/mol. The molecule has 132 valence electrons. The Morgan fingerprint density at radius 3 is 2.39 bits per heavy atom. The molecule has 1 aromatic rings. The van der Waals surface area contributed by atoms with E-state index in [1.807, 2.05) is 27.8 Å². The Morgan fingerprint density at radius 2 is 1.96 bits per heavy atom. The highest BCUT2D eigenvalue weighted by molar-refractivity contribution is 14.0. The molecule has 0 spiro atoms. The molecule has 1 heterocycles. The van der Waals surface area contributed by atoms with Crippen LogP contribution in [0.3, 0.4) is 0 Å². The van der Waals surface area contributed by atoms with Gasteiger partial charge in [0.15, 0.2) is 5.96 Å². The SMILES string of the molecule is CN=C(NCC(=O)OC(C)(C)C)NCc1cc(Cl)c(Cl)n1C.I. The van der Waals surface area contributed by atoms with Crippen LogP contribution in [0.1, 0.15) is 26.5 Å². The van der Waals surface area contributed by atoms with Crippen LogP contribution in [-0.2, 0) is 23.1 Å². The van der Waals surface area contributed by atoms with Gasteiger partial charge in [-0.3, -0.25) is 9.79 Å². The van der Waals surface area contributed by atoms with Crippen LogP contribution in [0.15, 0.2) is 11.1 Å². The average molecular weight is 477 g/mol. The lowest BCUT2D eigenvalue weighted by Gasteiger charge is -2.20. The Kier molecular flexibility index (Phi) is 9.30. The van der Waals surface area contributed by atoms with Gasteiger partial charge in [-0.1, -0.05) is 23.2 Å². The lowest BCUT2D eigenvalue weighted by Crippen LogP contribution is -2.41. The summed E-state index contributed by atoms with van der Waals surface area (Å²) in [7, 11) is 3.44. The lowest BCUT2D eigenvalue weighted by atomic mass is 10.2. The first-order chi connectivity index (χ1) is 10.1. The fraction of sp³-hybridized carbons (Fsp3) is 0.571. The Bertz CT molecular complexity index is 568. The molecule has 0 fully saturated rings. The number of aliphatic imine (C=N–C) groups is 1. The lowest BCUT2D eigenvalue weighted by molar-refractivity contribution is -0.153. The van der Waals surface area contributed by atoms with Gasteiger partial charge in [0.2, 0.25) is 0 Å². The molecule has 0 amide bonds. The summed E-state index contributed by atoms with van der Waals surface area (Å²) in [5.74, 6) is 0.139. The number of nitrogens with one attached hydrogen (secondary N) is 2. The summed E-state index contributed by atoms with van der Waals surface area (Å²) in [6, 6.07) is 1.78. The van der Waals surface area contributed by atoms with Crippen molar-refractivity contribution in [2.24, 2.45) is 12.0 Å². The first kappa shape index (κ1) is 22.3. The summed E-state index contributed by atoms with van der Waals surface area (Å²) < 4.78 is 6.99. The molecule has 1 rings (SSSR count). The van der Waals surface area contributed by atoms with Gasteiger partial charge >= 0.3 is 5.97 Å². The monoisotopic (exact) mass is 476 g/mol. The van der Waals surface area contributed by atoms with E-state index in [9.17, 15) is 4.79 Å². The van der Waals surface area contributed by atoms with Crippen LogP contribution in [0.25, 0.3) is 0 Å². The minimum Gasteiger partial charge on any atom is -0.459 e. The number of rotatable bonds is 4. The van der Waals surface area contributed by atoms with Gasteiger partial charge in [0.1, 0.15) is 17.3 Å². The fourth-order valence-electron chi connectivity index (χ4n) is 1.69. The summed E-state index contributed by atoms with van der Waals surface area (Å²) in [6.45, 7) is 5.96. The molecule has 0 saturated heterocycles. The summed E-state index contributed by atoms with van der Waals surface area (Å²) in [6.07, 6.45) is 0. The van der Waals surface area contributed by atoms with E-state index in [1.165, 1.54) is 0 Å². The maximum atomic E-state index is 11.6. The highest BCUT2D eigenvalue weighted by atomic mass is 127. The normalized spacial score (nSPS) is 11.7. The van der Waals surface area contributed by atoms with Crippen molar-refractivity contribution in [1.82, 2.24) is 15.2 Å². The molecule has 0 saturated carbocycles. The molecule has 9 heteroatoms. The molecule has 0 aliphatic rings. The van der Waals surface area contributed by atoms with Crippen molar-refractivity contribution >= 4 is 59.1 Å². The van der Waals surface area contributed by atoms with Gasteiger partial charge in [0, 0.05) is 19.8 Å². The number of halogens is 3. The molecule has 1 aromatic heterocycles. The molecular weight excluding hydrogens is 454 g/mol. The molecule has 0 aromatic carbocycles. The van der Waals surface area contributed by atoms with Crippen molar-refractivity contribution < 1.29 is 9.53 Å². The number of hydrogen-bond acceptors (Lipinski definition) is 3. The van der Waals surface area contributed by atoms with Gasteiger partial charge in [0.25, 0.3) is 0 Å². The topological polar surface area (TPSA) is 67.7 Å². The fourth-order valence-corrected chi connectivity index (χ4v) is 2.10. The van der Waals surface area contributed by atoms with Gasteiger partial charge in [-0.15, -0.1) is 24.0 Å². The highest BCUT2D eigenvalue weighted by Crippen LogP contribution is 2.24. The second-order valence-electron chi connectivity index (χ2n) is 5.70. The van der Waals surface area contributed by atoms with Crippen LogP contribution < -0.4 is 10.6 Å². The molecule has 0 aliphatic heterocycles. The number of ether oxygens (including phenoxy) is 1. The Morgan fingerprint density at radius 1 is 1.35 bits per heavy atom. The van der Waals surface area contributed by atoms with Gasteiger partial charge in [-0.2, -0.15) is 0 Å². The molecule has 0 unspecified atom stereocenters. The average Bonchev–Trinajstić information content (AvgIpc) is 2.64. The Balaban J connectivity index is 0.00000484. The van der Waals surface area contributed by atoms with Gasteiger partial charge in [0.05, 0.1) is 11.6 Å². The summed E-state index contributed by atoms with van der Waals surface area (Å²) in [4.78, 5) is 15.7. The van der Waals surface area contributed by atoms with E-state index in [1.54, 1.807) is 17.7 Å². The van der Waals surface area contributed by atoms with Crippen LogP contribution in [0.2, 0.25) is 10.2 Å². The third-order valence-electron chi connectivity index (χ3n) is 2.70. The Labute approximate surface area is 164 Å². The summed E-state index contributed by atoms with van der Waals surface area (Å²) >= 11 is 12.0. The van der Waals surface area contributed by atoms with E-state index in [-0.39, 0.29) is 36.5 Å². The van der Waals surface area contributed by atoms with Crippen molar-refractivity contribution in [3.63, 3.8) is 0 Å². The first-order valence-electron chi connectivity index (χ1n) is 6.80. The minimum atomic E-state index is -0.508. The number of guanidine groups is 1. The Hall–Kier alpha value is -0.670. The maximum absolute atomic E-state index is 11.6. The van der Waals surface area contributed by atoms with E-state index >= 15 is 0 Å². The maximum Gasteiger partial charge on any atom is 0.325 e. The van der Waals surface area contributed by atoms with Crippen molar-refractivity contribution in [3.05, 3.63) is 21.9 Å². The van der Waals surface area contributed by atoms with Crippen molar-refractivity contribution in [2.75, 3.05) is 13.6 Å². The summed E-state index contributed by atoms with van der Waals surface area (Å²) in [5, 5.41) is 6.95.